The molecule has 2 aromatic carbocycles. The topological polar surface area (TPSA) is 94.0 Å². The van der Waals surface area contributed by atoms with E-state index in [1.807, 2.05) is 55.5 Å². The van der Waals surface area contributed by atoms with E-state index < -0.39 is 5.97 Å². The van der Waals surface area contributed by atoms with Gasteiger partial charge in [0.15, 0.2) is 11.5 Å². The Morgan fingerprint density at radius 1 is 1.20 bits per heavy atom. The molecule has 0 radical (unpaired) electrons. The van der Waals surface area contributed by atoms with Gasteiger partial charge >= 0.3 is 5.97 Å². The molecule has 0 aliphatic carbocycles. The number of nitrogens with zero attached hydrogens (tertiary/aromatic N) is 4. The first-order chi connectivity index (χ1) is 12.2. The molecular formula is C18H14N4O3. The number of benzene rings is 2. The highest BCUT2D eigenvalue weighted by Gasteiger charge is 2.19. The van der Waals surface area contributed by atoms with Gasteiger partial charge in [-0.3, -0.25) is 0 Å². The normalized spacial score (nSPS) is 11.1. The first kappa shape index (κ1) is 15.1. The first-order valence-corrected chi connectivity index (χ1v) is 7.82. The van der Waals surface area contributed by atoms with E-state index in [0.29, 0.717) is 23.6 Å². The molecule has 0 bridgehead atoms. The molecule has 0 spiro atoms. The second-order valence-corrected chi connectivity index (χ2v) is 5.53. The van der Waals surface area contributed by atoms with E-state index in [1.165, 1.54) is 0 Å². The van der Waals surface area contributed by atoms with Crippen molar-refractivity contribution in [1.82, 2.24) is 20.2 Å². The van der Waals surface area contributed by atoms with Crippen molar-refractivity contribution in [3.05, 3.63) is 59.9 Å². The van der Waals surface area contributed by atoms with Crippen LogP contribution in [0.4, 0.5) is 0 Å². The summed E-state index contributed by atoms with van der Waals surface area (Å²) in [6, 6.07) is 15.2. The lowest BCUT2D eigenvalue weighted by Gasteiger charge is -2.05. The van der Waals surface area contributed by atoms with E-state index in [4.69, 9.17) is 4.52 Å². The molecule has 7 heteroatoms. The highest BCUT2D eigenvalue weighted by Crippen LogP contribution is 2.30. The maximum Gasteiger partial charge on any atom is 0.358 e. The lowest BCUT2D eigenvalue weighted by Crippen LogP contribution is -2.05. The second-order valence-electron chi connectivity index (χ2n) is 5.53. The lowest BCUT2D eigenvalue weighted by atomic mass is 10.1. The predicted molar refractivity (Wildman–Crippen MR) is 90.7 cm³/mol. The molecule has 0 aliphatic heterocycles. The highest BCUT2D eigenvalue weighted by atomic mass is 16.5. The van der Waals surface area contributed by atoms with Gasteiger partial charge < -0.3 is 9.63 Å². The number of carboxylic acid groups (broad SMARTS) is 1. The van der Waals surface area contributed by atoms with Gasteiger partial charge in [0.1, 0.15) is 5.52 Å². The zero-order valence-electron chi connectivity index (χ0n) is 13.4. The van der Waals surface area contributed by atoms with Gasteiger partial charge in [-0.1, -0.05) is 47.6 Å². The van der Waals surface area contributed by atoms with Gasteiger partial charge in [0.05, 0.1) is 16.8 Å². The number of fused-ring (bicyclic) bond motifs is 1. The minimum atomic E-state index is -1.08. The fraction of sp³-hybridized carbons (Fsp3) is 0.111. The van der Waals surface area contributed by atoms with Crippen molar-refractivity contribution in [3.63, 3.8) is 0 Å². The Morgan fingerprint density at radius 2 is 2.00 bits per heavy atom. The average Bonchev–Trinajstić information content (AvgIpc) is 3.25. The summed E-state index contributed by atoms with van der Waals surface area (Å²) >= 11 is 0. The third kappa shape index (κ3) is 2.46. The van der Waals surface area contributed by atoms with Crippen LogP contribution in [-0.4, -0.2) is 31.2 Å². The molecule has 0 saturated carbocycles. The van der Waals surface area contributed by atoms with Gasteiger partial charge in [-0.15, -0.1) is 5.10 Å². The Hall–Kier alpha value is -3.48. The summed E-state index contributed by atoms with van der Waals surface area (Å²) in [7, 11) is 0. The van der Waals surface area contributed by atoms with Crippen molar-refractivity contribution < 1.29 is 14.4 Å². The zero-order chi connectivity index (χ0) is 17.4. The Labute approximate surface area is 142 Å². The molecule has 0 aliphatic rings. The summed E-state index contributed by atoms with van der Waals surface area (Å²) in [6.07, 6.45) is 0.502. The van der Waals surface area contributed by atoms with E-state index in [-0.39, 0.29) is 5.69 Å². The maximum atomic E-state index is 11.3. The highest BCUT2D eigenvalue weighted by molar-refractivity contribution is 5.93. The van der Waals surface area contributed by atoms with Crippen LogP contribution < -0.4 is 0 Å². The number of rotatable bonds is 4. The number of aromatic carboxylic acids is 1. The molecule has 0 unspecified atom stereocenters. The summed E-state index contributed by atoms with van der Waals surface area (Å²) in [4.78, 5) is 11.3. The summed E-state index contributed by atoms with van der Waals surface area (Å²) < 4.78 is 7.05. The fourth-order valence-corrected chi connectivity index (χ4v) is 2.85. The molecule has 0 fully saturated rings. The SMILES string of the molecule is CCc1c(C(=O)O)nnn1-c1ccc2noc(-c3ccccc3)c2c1. The van der Waals surface area contributed by atoms with Crippen molar-refractivity contribution in [3.8, 4) is 17.0 Å². The molecule has 0 amide bonds. The Balaban J connectivity index is 1.89. The van der Waals surface area contributed by atoms with Gasteiger partial charge in [-0.05, 0) is 24.6 Å². The van der Waals surface area contributed by atoms with Gasteiger partial charge in [0.2, 0.25) is 0 Å². The van der Waals surface area contributed by atoms with Crippen LogP contribution in [0.3, 0.4) is 0 Å². The summed E-state index contributed by atoms with van der Waals surface area (Å²) in [5.74, 6) is -0.423. The smallest absolute Gasteiger partial charge is 0.358 e. The number of aromatic nitrogens is 4. The van der Waals surface area contributed by atoms with E-state index >= 15 is 0 Å². The molecule has 0 saturated heterocycles. The van der Waals surface area contributed by atoms with Gasteiger partial charge in [-0.25, -0.2) is 9.48 Å². The molecule has 1 N–H and O–H groups in total. The van der Waals surface area contributed by atoms with Crippen molar-refractivity contribution in [2.45, 2.75) is 13.3 Å². The molecule has 0 atom stereocenters. The molecule has 4 rings (SSSR count). The van der Waals surface area contributed by atoms with Gasteiger partial charge in [0.25, 0.3) is 0 Å². The molecule has 7 nitrogen and oxygen atoms in total. The zero-order valence-corrected chi connectivity index (χ0v) is 13.4. The number of carboxylic acids is 1. The van der Waals surface area contributed by atoms with E-state index in [1.54, 1.807) is 4.68 Å². The second kappa shape index (κ2) is 5.86. The standard InChI is InChI=1S/C18H14N4O3/c1-2-15-16(18(23)24)19-21-22(15)12-8-9-14-13(10-12)17(25-20-14)11-6-4-3-5-7-11/h3-10H,2H2,1H3,(H,23,24). The van der Waals surface area contributed by atoms with Crippen LogP contribution in [0, 0.1) is 0 Å². The fourth-order valence-electron chi connectivity index (χ4n) is 2.85. The predicted octanol–water partition coefficient (Wildman–Crippen LogP) is 3.34. The van der Waals surface area contributed by atoms with Crippen LogP contribution >= 0.6 is 0 Å². The Kier molecular flexibility index (Phi) is 3.53. The van der Waals surface area contributed by atoms with E-state index in [0.717, 1.165) is 16.5 Å². The summed E-state index contributed by atoms with van der Waals surface area (Å²) in [5, 5.41) is 22.0. The van der Waals surface area contributed by atoms with Crippen LogP contribution in [0.15, 0.2) is 53.1 Å². The van der Waals surface area contributed by atoms with Gasteiger partial charge in [-0.2, -0.15) is 0 Å². The molecule has 25 heavy (non-hydrogen) atoms. The van der Waals surface area contributed by atoms with Crippen LogP contribution in [0.5, 0.6) is 0 Å². The number of hydrogen-bond donors (Lipinski definition) is 1. The summed E-state index contributed by atoms with van der Waals surface area (Å²) in [6.45, 7) is 1.87. The van der Waals surface area contributed by atoms with Crippen molar-refractivity contribution in [1.29, 1.82) is 0 Å². The van der Waals surface area contributed by atoms with Crippen molar-refractivity contribution >= 4 is 16.9 Å². The van der Waals surface area contributed by atoms with E-state index in [9.17, 15) is 9.90 Å². The van der Waals surface area contributed by atoms with Crippen molar-refractivity contribution in [2.75, 3.05) is 0 Å². The average molecular weight is 334 g/mol. The third-order valence-corrected chi connectivity index (χ3v) is 4.04. The van der Waals surface area contributed by atoms with Crippen LogP contribution in [0.25, 0.3) is 27.9 Å². The maximum absolute atomic E-state index is 11.3. The van der Waals surface area contributed by atoms with Gasteiger partial charge in [0, 0.05) is 5.56 Å². The monoisotopic (exact) mass is 334 g/mol. The molecule has 4 aromatic rings. The molecule has 2 aromatic heterocycles. The number of carbonyl (C=O) groups is 1. The van der Waals surface area contributed by atoms with Crippen LogP contribution in [0.1, 0.15) is 23.1 Å². The first-order valence-electron chi connectivity index (χ1n) is 7.82. The van der Waals surface area contributed by atoms with E-state index in [2.05, 4.69) is 15.5 Å². The molecule has 124 valence electrons. The number of hydrogen-bond acceptors (Lipinski definition) is 5. The molecular weight excluding hydrogens is 320 g/mol. The Morgan fingerprint density at radius 3 is 2.72 bits per heavy atom. The largest absolute Gasteiger partial charge is 0.476 e. The minimum Gasteiger partial charge on any atom is -0.476 e. The quantitative estimate of drug-likeness (QED) is 0.615. The van der Waals surface area contributed by atoms with Crippen molar-refractivity contribution in [2.24, 2.45) is 0 Å². The molecule has 2 heterocycles. The Bertz CT molecular complexity index is 1070. The minimum absolute atomic E-state index is 0.0313. The summed E-state index contributed by atoms with van der Waals surface area (Å²) in [5.41, 5.74) is 2.87. The van der Waals surface area contributed by atoms with Crippen LogP contribution in [0.2, 0.25) is 0 Å². The third-order valence-electron chi connectivity index (χ3n) is 4.04. The van der Waals surface area contributed by atoms with Crippen LogP contribution in [-0.2, 0) is 6.42 Å². The lowest BCUT2D eigenvalue weighted by molar-refractivity contribution is 0.0689.